The average molecular weight is 331 g/mol. The smallest absolute Gasteiger partial charge is 0.319 e. The molecule has 126 valence electrons. The van der Waals surface area contributed by atoms with E-state index < -0.39 is 11.0 Å². The molecule has 0 heterocycles. The van der Waals surface area contributed by atoms with E-state index in [1.165, 1.54) is 25.3 Å². The van der Waals surface area contributed by atoms with E-state index in [9.17, 15) is 14.9 Å². The van der Waals surface area contributed by atoms with E-state index in [0.29, 0.717) is 11.5 Å². The topological polar surface area (TPSA) is 103 Å². The molecule has 0 radical (unpaired) electrons. The maximum absolute atomic E-state index is 12.0. The molecule has 0 atom stereocenters. The molecule has 0 saturated heterocycles. The fourth-order valence-electron chi connectivity index (χ4n) is 2.04. The molecule has 24 heavy (non-hydrogen) atoms. The number of amides is 2. The highest BCUT2D eigenvalue weighted by atomic mass is 16.6. The van der Waals surface area contributed by atoms with Crippen LogP contribution in [0.1, 0.15) is 5.56 Å². The fraction of sp³-hybridized carbons (Fsp3) is 0.188. The van der Waals surface area contributed by atoms with Crippen LogP contribution in [0, 0.1) is 10.1 Å². The SMILES string of the molecule is COc1cccc(CNC(=O)Nc2cc([N+](=O)[O-])ccc2OC)c1. The zero-order valence-electron chi connectivity index (χ0n) is 13.2. The lowest BCUT2D eigenvalue weighted by atomic mass is 10.2. The van der Waals surface area contributed by atoms with Gasteiger partial charge < -0.3 is 20.1 Å². The van der Waals surface area contributed by atoms with Gasteiger partial charge in [-0.25, -0.2) is 4.79 Å². The number of benzene rings is 2. The van der Waals surface area contributed by atoms with E-state index in [2.05, 4.69) is 10.6 Å². The number of nitrogens with zero attached hydrogens (tertiary/aromatic N) is 1. The molecule has 2 N–H and O–H groups in total. The van der Waals surface area contributed by atoms with Crippen LogP contribution < -0.4 is 20.1 Å². The number of rotatable bonds is 6. The van der Waals surface area contributed by atoms with Crippen molar-refractivity contribution in [3.05, 3.63) is 58.1 Å². The molecule has 0 fully saturated rings. The third-order valence-electron chi connectivity index (χ3n) is 3.23. The predicted molar refractivity (Wildman–Crippen MR) is 88.5 cm³/mol. The van der Waals surface area contributed by atoms with Gasteiger partial charge in [0.1, 0.15) is 11.5 Å². The lowest BCUT2D eigenvalue weighted by Gasteiger charge is -2.11. The van der Waals surface area contributed by atoms with Crippen LogP contribution in [0.15, 0.2) is 42.5 Å². The standard InChI is InChI=1S/C16H17N3O5/c1-23-13-5-3-4-11(8-13)10-17-16(20)18-14-9-12(19(21)22)6-7-15(14)24-2/h3-9H,10H2,1-2H3,(H2,17,18,20). The van der Waals surface area contributed by atoms with Crippen LogP contribution in [0.2, 0.25) is 0 Å². The van der Waals surface area contributed by atoms with Crippen molar-refractivity contribution in [3.63, 3.8) is 0 Å². The number of nitrogens with one attached hydrogen (secondary N) is 2. The summed E-state index contributed by atoms with van der Waals surface area (Å²) in [5.41, 5.74) is 0.934. The van der Waals surface area contributed by atoms with E-state index in [1.807, 2.05) is 12.1 Å². The summed E-state index contributed by atoms with van der Waals surface area (Å²) in [5.74, 6) is 1.02. The van der Waals surface area contributed by atoms with Gasteiger partial charge in [0.2, 0.25) is 0 Å². The van der Waals surface area contributed by atoms with Gasteiger partial charge in [0.05, 0.1) is 24.8 Å². The number of methoxy groups -OCH3 is 2. The molecule has 0 aliphatic rings. The largest absolute Gasteiger partial charge is 0.497 e. The number of hydrogen-bond acceptors (Lipinski definition) is 5. The Hall–Kier alpha value is -3.29. The minimum absolute atomic E-state index is 0.140. The second-order valence-electron chi connectivity index (χ2n) is 4.80. The number of carbonyl (C=O) groups excluding carboxylic acids is 1. The van der Waals surface area contributed by atoms with Gasteiger partial charge in [-0.2, -0.15) is 0 Å². The molecule has 8 nitrogen and oxygen atoms in total. The maximum atomic E-state index is 12.0. The number of urea groups is 1. The number of anilines is 1. The van der Waals surface area contributed by atoms with Crippen molar-refractivity contribution in [1.82, 2.24) is 5.32 Å². The van der Waals surface area contributed by atoms with Crippen molar-refractivity contribution in [3.8, 4) is 11.5 Å². The summed E-state index contributed by atoms with van der Waals surface area (Å²) in [6, 6.07) is 10.7. The second-order valence-corrected chi connectivity index (χ2v) is 4.80. The highest BCUT2D eigenvalue weighted by Gasteiger charge is 2.13. The van der Waals surface area contributed by atoms with Crippen molar-refractivity contribution < 1.29 is 19.2 Å². The first-order valence-corrected chi connectivity index (χ1v) is 7.03. The summed E-state index contributed by atoms with van der Waals surface area (Å²) < 4.78 is 10.2. The van der Waals surface area contributed by atoms with Gasteiger partial charge in [-0.15, -0.1) is 0 Å². The van der Waals surface area contributed by atoms with Crippen molar-refractivity contribution in [2.24, 2.45) is 0 Å². The number of nitro benzene ring substituents is 1. The van der Waals surface area contributed by atoms with Crippen molar-refractivity contribution in [1.29, 1.82) is 0 Å². The molecule has 0 aliphatic carbocycles. The Morgan fingerprint density at radius 3 is 2.62 bits per heavy atom. The Morgan fingerprint density at radius 2 is 1.96 bits per heavy atom. The van der Waals surface area contributed by atoms with Crippen LogP contribution in [0.5, 0.6) is 11.5 Å². The molecule has 0 aromatic heterocycles. The quantitative estimate of drug-likeness (QED) is 0.626. The first-order chi connectivity index (χ1) is 11.5. The number of non-ortho nitro benzene ring substituents is 1. The van der Waals surface area contributed by atoms with Crippen LogP contribution in [-0.4, -0.2) is 25.2 Å². The molecule has 0 unspecified atom stereocenters. The van der Waals surface area contributed by atoms with Gasteiger partial charge in [-0.3, -0.25) is 10.1 Å². The van der Waals surface area contributed by atoms with Gasteiger partial charge >= 0.3 is 6.03 Å². The molecule has 2 aromatic carbocycles. The number of hydrogen-bond donors (Lipinski definition) is 2. The van der Waals surface area contributed by atoms with Crippen LogP contribution in [0.4, 0.5) is 16.2 Å². The van der Waals surface area contributed by atoms with Crippen molar-refractivity contribution in [2.75, 3.05) is 19.5 Å². The molecule has 8 heteroatoms. The molecule has 0 spiro atoms. The van der Waals surface area contributed by atoms with Gasteiger partial charge in [-0.1, -0.05) is 12.1 Å². The predicted octanol–water partition coefficient (Wildman–Crippen LogP) is 2.93. The molecule has 2 amide bonds. The summed E-state index contributed by atoms with van der Waals surface area (Å²) in [6.45, 7) is 0.278. The lowest BCUT2D eigenvalue weighted by molar-refractivity contribution is -0.384. The monoisotopic (exact) mass is 331 g/mol. The summed E-state index contributed by atoms with van der Waals surface area (Å²) >= 11 is 0. The minimum atomic E-state index is -0.543. The van der Waals surface area contributed by atoms with Crippen LogP contribution in [0.25, 0.3) is 0 Å². The number of carbonyl (C=O) groups is 1. The second kappa shape index (κ2) is 7.82. The lowest BCUT2D eigenvalue weighted by Crippen LogP contribution is -2.28. The molecule has 2 aromatic rings. The Labute approximate surface area is 138 Å². The van der Waals surface area contributed by atoms with Crippen LogP contribution in [-0.2, 0) is 6.54 Å². The maximum Gasteiger partial charge on any atom is 0.319 e. The summed E-state index contributed by atoms with van der Waals surface area (Å²) in [7, 11) is 2.98. The van der Waals surface area contributed by atoms with Gasteiger partial charge in [0.15, 0.2) is 0 Å². The van der Waals surface area contributed by atoms with Crippen molar-refractivity contribution in [2.45, 2.75) is 6.54 Å². The van der Waals surface area contributed by atoms with E-state index >= 15 is 0 Å². The summed E-state index contributed by atoms with van der Waals surface area (Å²) in [6.07, 6.45) is 0. The Kier molecular flexibility index (Phi) is 5.56. The van der Waals surface area contributed by atoms with E-state index in [1.54, 1.807) is 19.2 Å². The molecule has 0 saturated carbocycles. The summed E-state index contributed by atoms with van der Waals surface area (Å²) in [4.78, 5) is 22.3. The summed E-state index contributed by atoms with van der Waals surface area (Å²) in [5, 5.41) is 16.0. The molecule has 0 bridgehead atoms. The van der Waals surface area contributed by atoms with Crippen LogP contribution >= 0.6 is 0 Å². The zero-order valence-corrected chi connectivity index (χ0v) is 13.2. The highest BCUT2D eigenvalue weighted by molar-refractivity contribution is 5.91. The minimum Gasteiger partial charge on any atom is -0.497 e. The average Bonchev–Trinajstić information content (AvgIpc) is 2.60. The van der Waals surface area contributed by atoms with Gasteiger partial charge in [0, 0.05) is 18.7 Å². The third-order valence-corrected chi connectivity index (χ3v) is 3.23. The normalized spacial score (nSPS) is 9.92. The number of ether oxygens (including phenoxy) is 2. The van der Waals surface area contributed by atoms with E-state index in [4.69, 9.17) is 9.47 Å². The van der Waals surface area contributed by atoms with Crippen molar-refractivity contribution >= 4 is 17.4 Å². The first-order valence-electron chi connectivity index (χ1n) is 7.03. The third kappa shape index (κ3) is 4.35. The highest BCUT2D eigenvalue weighted by Crippen LogP contribution is 2.28. The zero-order chi connectivity index (χ0) is 17.5. The first kappa shape index (κ1) is 17.1. The fourth-order valence-corrected chi connectivity index (χ4v) is 2.04. The van der Waals surface area contributed by atoms with E-state index in [0.717, 1.165) is 5.56 Å². The van der Waals surface area contributed by atoms with Gasteiger partial charge in [-0.05, 0) is 23.8 Å². The molecule has 2 rings (SSSR count). The molecule has 0 aliphatic heterocycles. The Balaban J connectivity index is 2.03. The van der Waals surface area contributed by atoms with E-state index in [-0.39, 0.29) is 17.9 Å². The van der Waals surface area contributed by atoms with Gasteiger partial charge in [0.25, 0.3) is 5.69 Å². The Bertz CT molecular complexity index is 748. The van der Waals surface area contributed by atoms with Crippen LogP contribution in [0.3, 0.4) is 0 Å². The number of nitro groups is 1. The molecular formula is C16H17N3O5. The Morgan fingerprint density at radius 1 is 1.17 bits per heavy atom. The molecular weight excluding hydrogens is 314 g/mol.